The van der Waals surface area contributed by atoms with Gasteiger partial charge in [0.2, 0.25) is 5.91 Å². The molecule has 1 aromatic carbocycles. The SMILES string of the molecule is CCOc1ccc(NC(=O)CCOCC(F)(F)F)cc1. The molecule has 0 spiro atoms. The zero-order valence-electron chi connectivity index (χ0n) is 11.0. The Morgan fingerprint density at radius 2 is 1.90 bits per heavy atom. The standard InChI is InChI=1S/C13H16F3NO3/c1-2-20-11-5-3-10(4-6-11)17-12(18)7-8-19-9-13(14,15)16/h3-6H,2,7-9H2,1H3,(H,17,18). The smallest absolute Gasteiger partial charge is 0.411 e. The highest BCUT2D eigenvalue weighted by atomic mass is 19.4. The maximum Gasteiger partial charge on any atom is 0.411 e. The van der Waals surface area contributed by atoms with E-state index in [1.54, 1.807) is 24.3 Å². The topological polar surface area (TPSA) is 47.6 Å². The van der Waals surface area contributed by atoms with Crippen LogP contribution in [0.5, 0.6) is 5.75 Å². The molecule has 112 valence electrons. The lowest BCUT2D eigenvalue weighted by Crippen LogP contribution is -2.20. The number of halogens is 3. The molecule has 1 aromatic rings. The minimum Gasteiger partial charge on any atom is -0.494 e. The van der Waals surface area contributed by atoms with Crippen LogP contribution in [-0.4, -0.2) is 31.9 Å². The number of hydrogen-bond acceptors (Lipinski definition) is 3. The molecule has 1 amide bonds. The van der Waals surface area contributed by atoms with Gasteiger partial charge in [0.25, 0.3) is 0 Å². The first-order chi connectivity index (χ1) is 9.40. The number of ether oxygens (including phenoxy) is 2. The van der Waals surface area contributed by atoms with Crippen molar-refractivity contribution in [2.45, 2.75) is 19.5 Å². The van der Waals surface area contributed by atoms with Crippen molar-refractivity contribution in [1.82, 2.24) is 0 Å². The monoisotopic (exact) mass is 291 g/mol. The van der Waals surface area contributed by atoms with Crippen LogP contribution in [0, 0.1) is 0 Å². The Balaban J connectivity index is 2.28. The zero-order valence-corrected chi connectivity index (χ0v) is 11.0. The van der Waals surface area contributed by atoms with E-state index in [1.165, 1.54) is 0 Å². The van der Waals surface area contributed by atoms with E-state index in [2.05, 4.69) is 10.1 Å². The first-order valence-corrected chi connectivity index (χ1v) is 6.08. The molecule has 0 aliphatic heterocycles. The largest absolute Gasteiger partial charge is 0.494 e. The molecule has 0 saturated heterocycles. The van der Waals surface area contributed by atoms with Gasteiger partial charge in [-0.1, -0.05) is 0 Å². The number of anilines is 1. The summed E-state index contributed by atoms with van der Waals surface area (Å²) >= 11 is 0. The minimum atomic E-state index is -4.37. The number of nitrogens with one attached hydrogen (secondary N) is 1. The van der Waals surface area contributed by atoms with Crippen molar-refractivity contribution in [1.29, 1.82) is 0 Å². The number of alkyl halides is 3. The molecule has 0 fully saturated rings. The van der Waals surface area contributed by atoms with Crippen LogP contribution in [0.2, 0.25) is 0 Å². The van der Waals surface area contributed by atoms with Gasteiger partial charge in [-0.2, -0.15) is 13.2 Å². The molecule has 1 rings (SSSR count). The Kier molecular flexibility index (Phi) is 6.30. The maximum absolute atomic E-state index is 11.8. The summed E-state index contributed by atoms with van der Waals surface area (Å²) in [5, 5.41) is 2.55. The highest BCUT2D eigenvalue weighted by Gasteiger charge is 2.27. The van der Waals surface area contributed by atoms with Gasteiger partial charge >= 0.3 is 6.18 Å². The summed E-state index contributed by atoms with van der Waals surface area (Å²) in [4.78, 5) is 11.4. The predicted molar refractivity (Wildman–Crippen MR) is 67.7 cm³/mol. The van der Waals surface area contributed by atoms with E-state index in [9.17, 15) is 18.0 Å². The van der Waals surface area contributed by atoms with Crippen molar-refractivity contribution in [2.75, 3.05) is 25.1 Å². The summed E-state index contributed by atoms with van der Waals surface area (Å²) in [5.41, 5.74) is 0.550. The minimum absolute atomic E-state index is 0.136. The van der Waals surface area contributed by atoms with E-state index in [4.69, 9.17) is 4.74 Å². The Bertz CT molecular complexity index is 418. The third-order valence-corrected chi connectivity index (χ3v) is 2.19. The van der Waals surface area contributed by atoms with Gasteiger partial charge in [0, 0.05) is 5.69 Å². The zero-order chi connectivity index (χ0) is 15.0. The van der Waals surface area contributed by atoms with Gasteiger partial charge in [0.15, 0.2) is 0 Å². The Morgan fingerprint density at radius 1 is 1.25 bits per heavy atom. The second-order valence-corrected chi connectivity index (χ2v) is 3.92. The van der Waals surface area contributed by atoms with Gasteiger partial charge < -0.3 is 14.8 Å². The maximum atomic E-state index is 11.8. The quantitative estimate of drug-likeness (QED) is 0.786. The van der Waals surface area contributed by atoms with Crippen molar-refractivity contribution in [3.8, 4) is 5.75 Å². The van der Waals surface area contributed by atoms with E-state index in [0.29, 0.717) is 18.0 Å². The summed E-state index contributed by atoms with van der Waals surface area (Å²) in [7, 11) is 0. The van der Waals surface area contributed by atoms with E-state index >= 15 is 0 Å². The van der Waals surface area contributed by atoms with E-state index < -0.39 is 18.7 Å². The van der Waals surface area contributed by atoms with Crippen molar-refractivity contribution in [2.24, 2.45) is 0 Å². The Morgan fingerprint density at radius 3 is 2.45 bits per heavy atom. The van der Waals surface area contributed by atoms with E-state index in [-0.39, 0.29) is 13.0 Å². The molecular weight excluding hydrogens is 275 g/mol. The van der Waals surface area contributed by atoms with Crippen molar-refractivity contribution in [3.05, 3.63) is 24.3 Å². The number of rotatable bonds is 7. The number of hydrogen-bond donors (Lipinski definition) is 1. The van der Waals surface area contributed by atoms with E-state index in [1.807, 2.05) is 6.92 Å². The Labute approximate surface area is 114 Å². The number of carbonyl (C=O) groups is 1. The molecule has 0 unspecified atom stereocenters. The summed E-state index contributed by atoms with van der Waals surface area (Å²) < 4.78 is 45.0. The number of benzene rings is 1. The molecule has 1 N–H and O–H groups in total. The number of carbonyl (C=O) groups excluding carboxylic acids is 1. The van der Waals surface area contributed by atoms with Gasteiger partial charge in [-0.15, -0.1) is 0 Å². The van der Waals surface area contributed by atoms with Gasteiger partial charge in [-0.25, -0.2) is 0 Å². The molecule has 0 aliphatic carbocycles. The van der Waals surface area contributed by atoms with Crippen LogP contribution < -0.4 is 10.1 Å². The summed E-state index contributed by atoms with van der Waals surface area (Å²) in [6.45, 7) is 0.782. The molecule has 4 nitrogen and oxygen atoms in total. The van der Waals surface area contributed by atoms with Gasteiger partial charge in [-0.05, 0) is 31.2 Å². The van der Waals surface area contributed by atoms with Crippen LogP contribution in [0.4, 0.5) is 18.9 Å². The fraction of sp³-hybridized carbons (Fsp3) is 0.462. The van der Waals surface area contributed by atoms with Crippen LogP contribution in [0.1, 0.15) is 13.3 Å². The van der Waals surface area contributed by atoms with Crippen molar-refractivity contribution >= 4 is 11.6 Å². The number of amides is 1. The van der Waals surface area contributed by atoms with Gasteiger partial charge in [-0.3, -0.25) is 4.79 Å². The fourth-order valence-electron chi connectivity index (χ4n) is 1.38. The normalized spacial score (nSPS) is 11.2. The highest BCUT2D eigenvalue weighted by molar-refractivity contribution is 5.90. The van der Waals surface area contributed by atoms with Gasteiger partial charge in [0.05, 0.1) is 19.6 Å². The lowest BCUT2D eigenvalue weighted by Gasteiger charge is -2.08. The molecule has 0 heterocycles. The molecule has 0 bridgehead atoms. The second-order valence-electron chi connectivity index (χ2n) is 3.92. The molecule has 20 heavy (non-hydrogen) atoms. The molecule has 7 heteroatoms. The first-order valence-electron chi connectivity index (χ1n) is 6.08. The average molecular weight is 291 g/mol. The lowest BCUT2D eigenvalue weighted by molar-refractivity contribution is -0.174. The molecule has 0 saturated carbocycles. The molecular formula is C13H16F3NO3. The molecule has 0 aliphatic rings. The molecule has 0 aromatic heterocycles. The third-order valence-electron chi connectivity index (χ3n) is 2.19. The van der Waals surface area contributed by atoms with Crippen LogP contribution in [0.3, 0.4) is 0 Å². The summed E-state index contributed by atoms with van der Waals surface area (Å²) in [6, 6.07) is 6.69. The fourth-order valence-corrected chi connectivity index (χ4v) is 1.38. The molecule has 0 atom stereocenters. The summed E-state index contributed by atoms with van der Waals surface area (Å²) in [5.74, 6) is 0.273. The predicted octanol–water partition coefficient (Wildman–Crippen LogP) is 2.99. The van der Waals surface area contributed by atoms with Gasteiger partial charge in [0.1, 0.15) is 12.4 Å². The van der Waals surface area contributed by atoms with Crippen LogP contribution in [0.25, 0.3) is 0 Å². The van der Waals surface area contributed by atoms with Crippen LogP contribution in [0.15, 0.2) is 24.3 Å². The summed E-state index contributed by atoms with van der Waals surface area (Å²) in [6.07, 6.45) is -4.51. The first kappa shape index (κ1) is 16.3. The third kappa shape index (κ3) is 6.98. The second kappa shape index (κ2) is 7.74. The highest BCUT2D eigenvalue weighted by Crippen LogP contribution is 2.16. The van der Waals surface area contributed by atoms with Crippen molar-refractivity contribution < 1.29 is 27.4 Å². The Hall–Kier alpha value is -1.76. The van der Waals surface area contributed by atoms with Crippen molar-refractivity contribution in [3.63, 3.8) is 0 Å². The molecule has 0 radical (unpaired) electrons. The van der Waals surface area contributed by atoms with E-state index in [0.717, 1.165) is 0 Å². The van der Waals surface area contributed by atoms with Crippen LogP contribution in [-0.2, 0) is 9.53 Å². The lowest BCUT2D eigenvalue weighted by atomic mass is 10.3. The van der Waals surface area contributed by atoms with Crippen LogP contribution >= 0.6 is 0 Å². The average Bonchev–Trinajstić information content (AvgIpc) is 2.36.